The van der Waals surface area contributed by atoms with Gasteiger partial charge in [0.25, 0.3) is 11.4 Å². The van der Waals surface area contributed by atoms with Gasteiger partial charge in [0.15, 0.2) is 11.5 Å². The van der Waals surface area contributed by atoms with Gasteiger partial charge in [-0.3, -0.25) is 20.2 Å². The molecule has 0 saturated heterocycles. The molecule has 2 aromatic rings. The van der Waals surface area contributed by atoms with E-state index < -0.39 is 9.85 Å². The number of nitro groups is 2. The zero-order valence-corrected chi connectivity index (χ0v) is 10.0. The molecule has 0 saturated carbocycles. The Kier molecular flexibility index (Phi) is 4.98. The summed E-state index contributed by atoms with van der Waals surface area (Å²) in [5, 5.41) is 37.7. The number of non-ortho nitro benzene ring substituents is 2. The van der Waals surface area contributed by atoms with Crippen LogP contribution in [-0.2, 0) is 0 Å². The van der Waals surface area contributed by atoms with Gasteiger partial charge >= 0.3 is 0 Å². The van der Waals surface area contributed by atoms with E-state index in [1.54, 1.807) is 12.1 Å². The molecule has 0 aromatic heterocycles. The van der Waals surface area contributed by atoms with Crippen LogP contribution in [0.1, 0.15) is 0 Å². The normalized spacial score (nSPS) is 9.20. The second-order valence-electron chi connectivity index (χ2n) is 3.52. The Bertz CT molecular complexity index is 579. The molecular weight excluding hydrogens is 268 g/mol. The van der Waals surface area contributed by atoms with E-state index in [4.69, 9.17) is 10.2 Å². The Morgan fingerprint density at radius 1 is 0.750 bits per heavy atom. The van der Waals surface area contributed by atoms with Crippen LogP contribution in [0.2, 0.25) is 0 Å². The van der Waals surface area contributed by atoms with Gasteiger partial charge in [-0.05, 0) is 18.2 Å². The highest BCUT2D eigenvalue weighted by atomic mass is 16.6. The molecule has 0 bridgehead atoms. The lowest BCUT2D eigenvalue weighted by molar-refractivity contribution is -0.394. The lowest BCUT2D eigenvalue weighted by atomic mass is 10.3. The molecule has 0 atom stereocenters. The summed E-state index contributed by atoms with van der Waals surface area (Å²) in [7, 11) is 0. The highest BCUT2D eigenvalue weighted by Gasteiger charge is 2.11. The second kappa shape index (κ2) is 6.69. The average molecular weight is 278 g/mol. The smallest absolute Gasteiger partial charge is 0.276 e. The molecule has 8 nitrogen and oxygen atoms in total. The van der Waals surface area contributed by atoms with Crippen molar-refractivity contribution in [1.82, 2.24) is 0 Å². The highest BCUT2D eigenvalue weighted by Crippen LogP contribution is 2.21. The van der Waals surface area contributed by atoms with Gasteiger partial charge in [0.1, 0.15) is 0 Å². The SMILES string of the molecule is O=[N+]([O-])c1cccc([N+](=O)[O-])c1.Oc1ccccc1O. The Balaban J connectivity index is 0.000000217. The van der Waals surface area contributed by atoms with Gasteiger partial charge in [-0.1, -0.05) is 12.1 Å². The molecule has 2 rings (SSSR count). The summed E-state index contributed by atoms with van der Waals surface area (Å²) < 4.78 is 0. The van der Waals surface area contributed by atoms with Crippen molar-refractivity contribution in [2.75, 3.05) is 0 Å². The zero-order valence-electron chi connectivity index (χ0n) is 10.0. The van der Waals surface area contributed by atoms with Crippen LogP contribution < -0.4 is 0 Å². The number of phenolic OH excluding ortho intramolecular Hbond substituents is 2. The van der Waals surface area contributed by atoms with Crippen LogP contribution in [0.3, 0.4) is 0 Å². The van der Waals surface area contributed by atoms with E-state index in [0.717, 1.165) is 6.07 Å². The van der Waals surface area contributed by atoms with E-state index in [0.29, 0.717) is 0 Å². The van der Waals surface area contributed by atoms with Gasteiger partial charge in [0.05, 0.1) is 15.9 Å². The standard InChI is InChI=1S/C6H4N2O4.C6H6O2/c9-7(10)5-2-1-3-6(4-5)8(11)12;7-5-3-1-2-4-6(5)8/h1-4H;1-4,7-8H. The van der Waals surface area contributed by atoms with Crippen molar-refractivity contribution >= 4 is 11.4 Å². The zero-order chi connectivity index (χ0) is 15.1. The third-order valence-electron chi connectivity index (χ3n) is 2.13. The van der Waals surface area contributed by atoms with E-state index in [1.165, 1.54) is 30.3 Å². The van der Waals surface area contributed by atoms with Crippen molar-refractivity contribution in [2.45, 2.75) is 0 Å². The average Bonchev–Trinajstić information content (AvgIpc) is 2.43. The Morgan fingerprint density at radius 2 is 1.15 bits per heavy atom. The number of para-hydroxylation sites is 2. The summed E-state index contributed by atoms with van der Waals surface area (Å²) in [4.78, 5) is 19.0. The van der Waals surface area contributed by atoms with Crippen molar-refractivity contribution in [3.63, 3.8) is 0 Å². The van der Waals surface area contributed by atoms with Gasteiger partial charge < -0.3 is 10.2 Å². The summed E-state index contributed by atoms with van der Waals surface area (Å²) in [6.07, 6.45) is 0. The maximum atomic E-state index is 10.2. The lowest BCUT2D eigenvalue weighted by Crippen LogP contribution is -1.91. The first-order valence-electron chi connectivity index (χ1n) is 5.27. The van der Waals surface area contributed by atoms with Crippen LogP contribution in [0, 0.1) is 20.2 Å². The molecule has 2 N–H and O–H groups in total. The molecule has 0 aliphatic rings. The van der Waals surface area contributed by atoms with Crippen molar-refractivity contribution < 1.29 is 20.1 Å². The number of hydrogen-bond donors (Lipinski definition) is 2. The van der Waals surface area contributed by atoms with Gasteiger partial charge in [-0.2, -0.15) is 0 Å². The largest absolute Gasteiger partial charge is 0.504 e. The van der Waals surface area contributed by atoms with E-state index in [1.807, 2.05) is 0 Å². The van der Waals surface area contributed by atoms with Crippen LogP contribution in [0.25, 0.3) is 0 Å². The third kappa shape index (κ3) is 4.26. The van der Waals surface area contributed by atoms with Gasteiger partial charge in [0.2, 0.25) is 0 Å². The number of rotatable bonds is 2. The molecule has 0 unspecified atom stereocenters. The predicted octanol–water partition coefficient (Wildman–Crippen LogP) is 2.60. The van der Waals surface area contributed by atoms with Crippen LogP contribution >= 0.6 is 0 Å². The fourth-order valence-corrected chi connectivity index (χ4v) is 1.18. The van der Waals surface area contributed by atoms with E-state index in [2.05, 4.69) is 0 Å². The first kappa shape index (κ1) is 14.9. The molecule has 0 spiro atoms. The van der Waals surface area contributed by atoms with Gasteiger partial charge in [0, 0.05) is 12.1 Å². The molecule has 0 amide bonds. The van der Waals surface area contributed by atoms with Crippen molar-refractivity contribution in [2.24, 2.45) is 0 Å². The predicted molar refractivity (Wildman–Crippen MR) is 69.5 cm³/mol. The van der Waals surface area contributed by atoms with E-state index in [9.17, 15) is 20.2 Å². The number of hydrogen-bond acceptors (Lipinski definition) is 6. The molecule has 0 fully saturated rings. The number of benzene rings is 2. The Morgan fingerprint density at radius 3 is 1.45 bits per heavy atom. The molecule has 0 radical (unpaired) electrons. The van der Waals surface area contributed by atoms with Gasteiger partial charge in [-0.15, -0.1) is 0 Å². The molecule has 104 valence electrons. The van der Waals surface area contributed by atoms with Crippen LogP contribution in [-0.4, -0.2) is 20.1 Å². The molecule has 0 aliphatic carbocycles. The summed E-state index contributed by atoms with van der Waals surface area (Å²) in [5.41, 5.74) is -0.548. The lowest BCUT2D eigenvalue weighted by Gasteiger charge is -1.91. The molecule has 20 heavy (non-hydrogen) atoms. The summed E-state index contributed by atoms with van der Waals surface area (Å²) in [6.45, 7) is 0. The third-order valence-corrected chi connectivity index (χ3v) is 2.13. The van der Waals surface area contributed by atoms with Gasteiger partial charge in [-0.25, -0.2) is 0 Å². The van der Waals surface area contributed by atoms with Crippen molar-refractivity contribution in [1.29, 1.82) is 0 Å². The van der Waals surface area contributed by atoms with E-state index >= 15 is 0 Å². The molecule has 0 heterocycles. The molecule has 8 heteroatoms. The van der Waals surface area contributed by atoms with E-state index in [-0.39, 0.29) is 22.9 Å². The minimum atomic E-state index is -0.674. The number of nitro benzene ring substituents is 2. The maximum absolute atomic E-state index is 10.2. The summed E-state index contributed by atoms with van der Waals surface area (Å²) >= 11 is 0. The number of phenols is 2. The first-order chi connectivity index (χ1) is 9.41. The second-order valence-corrected chi connectivity index (χ2v) is 3.52. The fourth-order valence-electron chi connectivity index (χ4n) is 1.18. The first-order valence-corrected chi connectivity index (χ1v) is 5.27. The number of aromatic hydroxyl groups is 2. The summed E-state index contributed by atoms with van der Waals surface area (Å²) in [5.74, 6) is -0.153. The minimum Gasteiger partial charge on any atom is -0.504 e. The molecule has 2 aromatic carbocycles. The Labute approximate surface area is 112 Å². The molecular formula is C12H10N2O6. The fraction of sp³-hybridized carbons (Fsp3) is 0. The van der Waals surface area contributed by atoms with Crippen LogP contribution in [0.15, 0.2) is 48.5 Å². The molecule has 0 aliphatic heterocycles. The number of nitrogens with zero attached hydrogens (tertiary/aromatic N) is 2. The van der Waals surface area contributed by atoms with Crippen LogP contribution in [0.4, 0.5) is 11.4 Å². The Hall–Kier alpha value is -3.16. The van der Waals surface area contributed by atoms with Crippen molar-refractivity contribution in [3.8, 4) is 11.5 Å². The van der Waals surface area contributed by atoms with Crippen molar-refractivity contribution in [3.05, 3.63) is 68.8 Å². The minimum absolute atomic E-state index is 0.0764. The highest BCUT2D eigenvalue weighted by molar-refractivity contribution is 5.42. The monoisotopic (exact) mass is 278 g/mol. The maximum Gasteiger partial charge on any atom is 0.276 e. The van der Waals surface area contributed by atoms with Crippen LogP contribution in [0.5, 0.6) is 11.5 Å². The quantitative estimate of drug-likeness (QED) is 0.493. The topological polar surface area (TPSA) is 127 Å². The summed E-state index contributed by atoms with van der Waals surface area (Å²) in [6, 6.07) is 10.7.